The predicted molar refractivity (Wildman–Crippen MR) is 84.3 cm³/mol. The number of nitrogens with one attached hydrogen (secondary N) is 1. The van der Waals surface area contributed by atoms with Gasteiger partial charge in [-0.15, -0.1) is 0 Å². The molecule has 3 N–H and O–H groups in total. The molecule has 0 bridgehead atoms. The van der Waals surface area contributed by atoms with Crippen LogP contribution in [0.4, 0.5) is 8.78 Å². The fraction of sp³-hybridized carbons (Fsp3) is 0.143. The molecular formula is C14H12ClF2IN2. The molecule has 0 radical (unpaired) electrons. The lowest BCUT2D eigenvalue weighted by molar-refractivity contribution is 0.481. The average molecular weight is 409 g/mol. The van der Waals surface area contributed by atoms with E-state index in [1.165, 1.54) is 6.07 Å². The Morgan fingerprint density at radius 3 is 2.70 bits per heavy atom. The zero-order valence-corrected chi connectivity index (χ0v) is 13.3. The first-order valence-electron chi connectivity index (χ1n) is 5.87. The summed E-state index contributed by atoms with van der Waals surface area (Å²) in [6.45, 7) is 0. The first-order chi connectivity index (χ1) is 9.52. The summed E-state index contributed by atoms with van der Waals surface area (Å²) < 4.78 is 27.9. The minimum Gasteiger partial charge on any atom is -0.271 e. The van der Waals surface area contributed by atoms with Crippen molar-refractivity contribution in [3.05, 3.63) is 67.8 Å². The molecule has 0 amide bonds. The van der Waals surface area contributed by atoms with Crippen LogP contribution in [0, 0.1) is 15.2 Å². The third kappa shape index (κ3) is 3.46. The largest absolute Gasteiger partial charge is 0.271 e. The summed E-state index contributed by atoms with van der Waals surface area (Å²) in [6.07, 6.45) is 0.233. The van der Waals surface area contributed by atoms with Crippen LogP contribution in [0.1, 0.15) is 17.2 Å². The van der Waals surface area contributed by atoms with E-state index in [9.17, 15) is 8.78 Å². The third-order valence-electron chi connectivity index (χ3n) is 2.99. The maximum absolute atomic E-state index is 13.7. The monoisotopic (exact) mass is 408 g/mol. The number of halogens is 4. The van der Waals surface area contributed by atoms with Crippen molar-refractivity contribution >= 4 is 34.2 Å². The van der Waals surface area contributed by atoms with Gasteiger partial charge in [-0.1, -0.05) is 23.7 Å². The van der Waals surface area contributed by atoms with Gasteiger partial charge in [-0.05, 0) is 64.4 Å². The van der Waals surface area contributed by atoms with Gasteiger partial charge in [-0.2, -0.15) is 0 Å². The lowest BCUT2D eigenvalue weighted by atomic mass is 9.99. The Labute approximate surface area is 134 Å². The predicted octanol–water partition coefficient (Wildman–Crippen LogP) is 3.97. The molecule has 0 aliphatic rings. The molecule has 2 aromatic carbocycles. The summed E-state index contributed by atoms with van der Waals surface area (Å²) in [5.74, 6) is 3.84. The molecule has 2 aromatic rings. The molecular weight excluding hydrogens is 397 g/mol. The van der Waals surface area contributed by atoms with E-state index in [0.717, 1.165) is 15.2 Å². The number of rotatable bonds is 4. The van der Waals surface area contributed by atoms with Crippen LogP contribution in [0.25, 0.3) is 0 Å². The SMILES string of the molecule is NNC(Cc1cccc(F)c1F)c1cc(Cl)ccc1I. The topological polar surface area (TPSA) is 38.0 Å². The lowest BCUT2D eigenvalue weighted by Gasteiger charge is -2.18. The van der Waals surface area contributed by atoms with Crippen molar-refractivity contribution < 1.29 is 8.78 Å². The molecule has 1 atom stereocenters. The quantitative estimate of drug-likeness (QED) is 0.456. The molecule has 0 aliphatic carbocycles. The molecule has 0 heterocycles. The van der Waals surface area contributed by atoms with E-state index in [-0.39, 0.29) is 18.0 Å². The van der Waals surface area contributed by atoms with Crippen molar-refractivity contribution in [2.45, 2.75) is 12.5 Å². The highest BCUT2D eigenvalue weighted by molar-refractivity contribution is 14.1. The van der Waals surface area contributed by atoms with E-state index in [0.29, 0.717) is 5.02 Å². The molecule has 0 aliphatic heterocycles. The lowest BCUT2D eigenvalue weighted by Crippen LogP contribution is -2.30. The number of benzene rings is 2. The van der Waals surface area contributed by atoms with Crippen molar-refractivity contribution in [1.82, 2.24) is 5.43 Å². The minimum absolute atomic E-state index is 0.233. The van der Waals surface area contributed by atoms with Crippen molar-refractivity contribution in [3.63, 3.8) is 0 Å². The molecule has 106 valence electrons. The summed E-state index contributed by atoms with van der Waals surface area (Å²) in [5.41, 5.74) is 3.75. The smallest absolute Gasteiger partial charge is 0.162 e. The second-order valence-corrected chi connectivity index (χ2v) is 5.90. The Balaban J connectivity index is 2.34. The fourth-order valence-electron chi connectivity index (χ4n) is 1.97. The van der Waals surface area contributed by atoms with Crippen LogP contribution in [0.5, 0.6) is 0 Å². The maximum Gasteiger partial charge on any atom is 0.162 e. The molecule has 2 rings (SSSR count). The number of hydrogen-bond donors (Lipinski definition) is 2. The second kappa shape index (κ2) is 6.80. The van der Waals surface area contributed by atoms with Crippen molar-refractivity contribution in [2.75, 3.05) is 0 Å². The Morgan fingerprint density at radius 2 is 2.00 bits per heavy atom. The van der Waals surface area contributed by atoms with Crippen LogP contribution in [-0.2, 0) is 6.42 Å². The van der Waals surface area contributed by atoms with E-state index < -0.39 is 11.6 Å². The summed E-state index contributed by atoms with van der Waals surface area (Å²) in [6, 6.07) is 9.15. The molecule has 2 nitrogen and oxygen atoms in total. The molecule has 0 fully saturated rings. The Kier molecular flexibility index (Phi) is 5.31. The van der Waals surface area contributed by atoms with Crippen molar-refractivity contribution in [3.8, 4) is 0 Å². The fourth-order valence-corrected chi connectivity index (χ4v) is 2.86. The Hall–Kier alpha value is -0.760. The van der Waals surface area contributed by atoms with Crippen LogP contribution in [0.3, 0.4) is 0 Å². The standard InChI is InChI=1S/C14H12ClF2IN2/c15-9-4-5-12(18)10(7-9)13(20-19)6-8-2-1-3-11(16)14(8)17/h1-5,7,13,20H,6,19H2. The molecule has 20 heavy (non-hydrogen) atoms. The van der Waals surface area contributed by atoms with Gasteiger partial charge in [0, 0.05) is 8.59 Å². The van der Waals surface area contributed by atoms with Crippen LogP contribution in [0.15, 0.2) is 36.4 Å². The van der Waals surface area contributed by atoms with Gasteiger partial charge < -0.3 is 0 Å². The molecule has 0 aromatic heterocycles. The van der Waals surface area contributed by atoms with Crippen LogP contribution >= 0.6 is 34.2 Å². The van der Waals surface area contributed by atoms with Gasteiger partial charge in [-0.3, -0.25) is 11.3 Å². The molecule has 0 saturated heterocycles. The van der Waals surface area contributed by atoms with Gasteiger partial charge in [0.05, 0.1) is 6.04 Å². The molecule has 6 heteroatoms. The Morgan fingerprint density at radius 1 is 1.25 bits per heavy atom. The highest BCUT2D eigenvalue weighted by atomic mass is 127. The van der Waals surface area contributed by atoms with Gasteiger partial charge in [0.2, 0.25) is 0 Å². The van der Waals surface area contributed by atoms with Gasteiger partial charge >= 0.3 is 0 Å². The first kappa shape index (κ1) is 15.6. The van der Waals surface area contributed by atoms with Crippen molar-refractivity contribution in [2.24, 2.45) is 5.84 Å². The van der Waals surface area contributed by atoms with Crippen molar-refractivity contribution in [1.29, 1.82) is 0 Å². The van der Waals surface area contributed by atoms with Gasteiger partial charge in [0.1, 0.15) is 0 Å². The average Bonchev–Trinajstić information content (AvgIpc) is 2.43. The van der Waals surface area contributed by atoms with Gasteiger partial charge in [0.25, 0.3) is 0 Å². The molecule has 0 spiro atoms. The number of nitrogens with two attached hydrogens (primary N) is 1. The van der Waals surface area contributed by atoms with E-state index >= 15 is 0 Å². The van der Waals surface area contributed by atoms with E-state index in [2.05, 4.69) is 28.0 Å². The van der Waals surface area contributed by atoms with Gasteiger partial charge in [0.15, 0.2) is 11.6 Å². The van der Waals surface area contributed by atoms with E-state index in [4.69, 9.17) is 17.4 Å². The van der Waals surface area contributed by atoms with Crippen LogP contribution < -0.4 is 11.3 Å². The van der Waals surface area contributed by atoms with Gasteiger partial charge in [-0.25, -0.2) is 8.78 Å². The summed E-state index contributed by atoms with van der Waals surface area (Å²) >= 11 is 8.12. The minimum atomic E-state index is -0.862. The van der Waals surface area contributed by atoms with Crippen LogP contribution in [0.2, 0.25) is 5.02 Å². The molecule has 1 unspecified atom stereocenters. The summed E-state index contributed by atoms with van der Waals surface area (Å²) in [5, 5.41) is 0.570. The summed E-state index contributed by atoms with van der Waals surface area (Å²) in [7, 11) is 0. The highest BCUT2D eigenvalue weighted by Crippen LogP contribution is 2.27. The Bertz CT molecular complexity index is 622. The highest BCUT2D eigenvalue weighted by Gasteiger charge is 2.17. The zero-order chi connectivity index (χ0) is 14.7. The summed E-state index contributed by atoms with van der Waals surface area (Å²) in [4.78, 5) is 0. The normalized spacial score (nSPS) is 12.4. The van der Waals surface area contributed by atoms with Crippen LogP contribution in [-0.4, -0.2) is 0 Å². The zero-order valence-electron chi connectivity index (χ0n) is 10.3. The number of hydrogen-bond acceptors (Lipinski definition) is 2. The number of hydrazine groups is 1. The second-order valence-electron chi connectivity index (χ2n) is 4.30. The van der Waals surface area contributed by atoms with E-state index in [1.807, 2.05) is 6.07 Å². The van der Waals surface area contributed by atoms with E-state index in [1.54, 1.807) is 18.2 Å². The third-order valence-corrected chi connectivity index (χ3v) is 4.21. The first-order valence-corrected chi connectivity index (χ1v) is 7.32. The maximum atomic E-state index is 13.7. The molecule has 0 saturated carbocycles.